The molecule has 3 heteroatoms. The summed E-state index contributed by atoms with van der Waals surface area (Å²) >= 11 is 0. The van der Waals surface area contributed by atoms with Crippen LogP contribution in [0.15, 0.2) is 36.7 Å². The summed E-state index contributed by atoms with van der Waals surface area (Å²) in [5, 5.41) is 3.47. The van der Waals surface area contributed by atoms with Gasteiger partial charge in [0, 0.05) is 11.9 Å². The minimum Gasteiger partial charge on any atom is -0.378 e. The first-order valence-corrected chi connectivity index (χ1v) is 6.57. The molecule has 0 saturated carbocycles. The lowest BCUT2D eigenvalue weighted by Crippen LogP contribution is -2.10. The molecular formula is C16H19FN2. The van der Waals surface area contributed by atoms with Gasteiger partial charge in [-0.15, -0.1) is 0 Å². The van der Waals surface area contributed by atoms with E-state index in [1.807, 2.05) is 6.92 Å². The second-order valence-electron chi connectivity index (χ2n) is 4.77. The van der Waals surface area contributed by atoms with E-state index in [-0.39, 0.29) is 11.9 Å². The number of pyridine rings is 1. The number of nitrogens with one attached hydrogen (secondary N) is 1. The van der Waals surface area contributed by atoms with Crippen molar-refractivity contribution in [3.63, 3.8) is 0 Å². The van der Waals surface area contributed by atoms with E-state index in [0.717, 1.165) is 17.7 Å². The molecule has 0 amide bonds. The van der Waals surface area contributed by atoms with E-state index in [9.17, 15) is 4.39 Å². The van der Waals surface area contributed by atoms with E-state index in [1.165, 1.54) is 23.4 Å². The molecule has 2 rings (SSSR count). The number of anilines is 1. The minimum atomic E-state index is -0.299. The largest absolute Gasteiger partial charge is 0.378 e. The number of halogens is 1. The van der Waals surface area contributed by atoms with Crippen LogP contribution in [0, 0.1) is 12.7 Å². The van der Waals surface area contributed by atoms with Gasteiger partial charge in [-0.3, -0.25) is 4.98 Å². The maximum Gasteiger partial charge on any atom is 0.141 e. The Hall–Kier alpha value is -1.90. The number of para-hydroxylation sites is 1. The van der Waals surface area contributed by atoms with E-state index in [2.05, 4.69) is 42.3 Å². The highest BCUT2D eigenvalue weighted by molar-refractivity contribution is 5.58. The molecule has 0 radical (unpaired) electrons. The SMILES string of the molecule is CCc1cccc(C)c1NC(C)c1cncc(F)c1. The monoisotopic (exact) mass is 258 g/mol. The van der Waals surface area contributed by atoms with Gasteiger partial charge in [0.25, 0.3) is 0 Å². The summed E-state index contributed by atoms with van der Waals surface area (Å²) in [6, 6.07) is 7.81. The molecule has 2 aromatic rings. The van der Waals surface area contributed by atoms with Crippen LogP contribution in [-0.4, -0.2) is 4.98 Å². The molecule has 1 atom stereocenters. The Labute approximate surface area is 113 Å². The fourth-order valence-electron chi connectivity index (χ4n) is 2.19. The van der Waals surface area contributed by atoms with E-state index in [4.69, 9.17) is 0 Å². The molecule has 1 aromatic carbocycles. The van der Waals surface area contributed by atoms with E-state index in [1.54, 1.807) is 6.20 Å². The zero-order valence-electron chi connectivity index (χ0n) is 11.6. The molecule has 0 saturated heterocycles. The molecule has 1 aromatic heterocycles. The lowest BCUT2D eigenvalue weighted by Gasteiger charge is -2.20. The first kappa shape index (κ1) is 13.5. The molecule has 1 heterocycles. The quantitative estimate of drug-likeness (QED) is 0.886. The highest BCUT2D eigenvalue weighted by Gasteiger charge is 2.10. The average Bonchev–Trinajstić information content (AvgIpc) is 2.41. The van der Waals surface area contributed by atoms with Crippen molar-refractivity contribution >= 4 is 5.69 Å². The van der Waals surface area contributed by atoms with Gasteiger partial charge in [-0.05, 0) is 43.0 Å². The lowest BCUT2D eigenvalue weighted by atomic mass is 10.0. The maximum atomic E-state index is 13.2. The van der Waals surface area contributed by atoms with E-state index in [0.29, 0.717) is 0 Å². The number of aryl methyl sites for hydroxylation is 2. The van der Waals surface area contributed by atoms with Gasteiger partial charge in [0.1, 0.15) is 5.82 Å². The first-order valence-electron chi connectivity index (χ1n) is 6.57. The van der Waals surface area contributed by atoms with Crippen molar-refractivity contribution < 1.29 is 4.39 Å². The molecular weight excluding hydrogens is 239 g/mol. The number of nitrogens with zero attached hydrogens (tertiary/aromatic N) is 1. The molecule has 100 valence electrons. The Kier molecular flexibility index (Phi) is 4.15. The summed E-state index contributed by atoms with van der Waals surface area (Å²) in [4.78, 5) is 3.90. The number of hydrogen-bond donors (Lipinski definition) is 1. The van der Waals surface area contributed by atoms with Crippen LogP contribution < -0.4 is 5.32 Å². The average molecular weight is 258 g/mol. The molecule has 0 aliphatic carbocycles. The van der Waals surface area contributed by atoms with Crippen LogP contribution in [0.3, 0.4) is 0 Å². The number of benzene rings is 1. The van der Waals surface area contributed by atoms with Gasteiger partial charge in [0.2, 0.25) is 0 Å². The summed E-state index contributed by atoms with van der Waals surface area (Å²) in [5.41, 5.74) is 4.47. The van der Waals surface area contributed by atoms with Gasteiger partial charge in [-0.25, -0.2) is 4.39 Å². The van der Waals surface area contributed by atoms with Crippen molar-refractivity contribution in [3.05, 3.63) is 59.2 Å². The Bertz CT molecular complexity index is 566. The molecule has 1 unspecified atom stereocenters. The minimum absolute atomic E-state index is 0.0228. The smallest absolute Gasteiger partial charge is 0.141 e. The molecule has 0 bridgehead atoms. The second-order valence-corrected chi connectivity index (χ2v) is 4.77. The standard InChI is InChI=1S/C16H19FN2/c1-4-13-7-5-6-11(2)16(13)19-12(3)14-8-15(17)10-18-9-14/h5-10,12,19H,4H2,1-3H3. The number of aromatic nitrogens is 1. The van der Waals surface area contributed by atoms with Crippen LogP contribution in [0.2, 0.25) is 0 Å². The van der Waals surface area contributed by atoms with Crippen molar-refractivity contribution in [2.24, 2.45) is 0 Å². The Morgan fingerprint density at radius 3 is 2.79 bits per heavy atom. The third kappa shape index (κ3) is 3.11. The second kappa shape index (κ2) is 5.83. The summed E-state index contributed by atoms with van der Waals surface area (Å²) < 4.78 is 13.2. The van der Waals surface area contributed by atoms with E-state index >= 15 is 0 Å². The normalized spacial score (nSPS) is 12.2. The lowest BCUT2D eigenvalue weighted by molar-refractivity contribution is 0.616. The highest BCUT2D eigenvalue weighted by Crippen LogP contribution is 2.26. The third-order valence-corrected chi connectivity index (χ3v) is 3.33. The summed E-state index contributed by atoms with van der Waals surface area (Å²) in [6.45, 7) is 6.23. The Morgan fingerprint density at radius 1 is 1.32 bits per heavy atom. The summed E-state index contributed by atoms with van der Waals surface area (Å²) in [7, 11) is 0. The summed E-state index contributed by atoms with van der Waals surface area (Å²) in [5.74, 6) is -0.299. The van der Waals surface area contributed by atoms with Gasteiger partial charge >= 0.3 is 0 Å². The third-order valence-electron chi connectivity index (χ3n) is 3.33. The molecule has 2 nitrogen and oxygen atoms in total. The topological polar surface area (TPSA) is 24.9 Å². The van der Waals surface area contributed by atoms with Crippen molar-refractivity contribution in [1.82, 2.24) is 4.98 Å². The van der Waals surface area contributed by atoms with Gasteiger partial charge < -0.3 is 5.32 Å². The molecule has 1 N–H and O–H groups in total. The van der Waals surface area contributed by atoms with Crippen LogP contribution in [0.4, 0.5) is 10.1 Å². The van der Waals surface area contributed by atoms with Crippen LogP contribution in [0.1, 0.15) is 36.6 Å². The van der Waals surface area contributed by atoms with Gasteiger partial charge in [0.05, 0.1) is 12.2 Å². The van der Waals surface area contributed by atoms with Crippen LogP contribution >= 0.6 is 0 Å². The van der Waals surface area contributed by atoms with Gasteiger partial charge in [-0.2, -0.15) is 0 Å². The zero-order valence-corrected chi connectivity index (χ0v) is 11.6. The van der Waals surface area contributed by atoms with Crippen LogP contribution in [0.25, 0.3) is 0 Å². The zero-order chi connectivity index (χ0) is 13.8. The molecule has 0 aliphatic heterocycles. The van der Waals surface area contributed by atoms with Crippen LogP contribution in [0.5, 0.6) is 0 Å². The molecule has 0 aliphatic rings. The predicted octanol–water partition coefficient (Wildman–Crippen LogP) is 4.26. The highest BCUT2D eigenvalue weighted by atomic mass is 19.1. The van der Waals surface area contributed by atoms with Gasteiger partial charge in [0.15, 0.2) is 0 Å². The van der Waals surface area contributed by atoms with Crippen molar-refractivity contribution in [3.8, 4) is 0 Å². The van der Waals surface area contributed by atoms with Gasteiger partial charge in [-0.1, -0.05) is 25.1 Å². The fourth-order valence-corrected chi connectivity index (χ4v) is 2.19. The fraction of sp³-hybridized carbons (Fsp3) is 0.312. The molecule has 0 fully saturated rings. The maximum absolute atomic E-state index is 13.2. The molecule has 0 spiro atoms. The van der Waals surface area contributed by atoms with Crippen molar-refractivity contribution in [1.29, 1.82) is 0 Å². The molecule has 19 heavy (non-hydrogen) atoms. The van der Waals surface area contributed by atoms with E-state index < -0.39 is 0 Å². The van der Waals surface area contributed by atoms with Crippen molar-refractivity contribution in [2.45, 2.75) is 33.2 Å². The van der Waals surface area contributed by atoms with Crippen molar-refractivity contribution in [2.75, 3.05) is 5.32 Å². The summed E-state index contributed by atoms with van der Waals surface area (Å²) in [6.07, 6.45) is 3.89. The Balaban J connectivity index is 2.26. The Morgan fingerprint density at radius 2 is 2.11 bits per heavy atom. The predicted molar refractivity (Wildman–Crippen MR) is 76.8 cm³/mol. The number of hydrogen-bond acceptors (Lipinski definition) is 2. The first-order chi connectivity index (χ1) is 9.11. The number of rotatable bonds is 4. The van der Waals surface area contributed by atoms with Crippen LogP contribution in [-0.2, 0) is 6.42 Å².